The van der Waals surface area contributed by atoms with Gasteiger partial charge in [0, 0.05) is 25.4 Å². The Hall–Kier alpha value is -0.590. The summed E-state index contributed by atoms with van der Waals surface area (Å²) in [5, 5.41) is 5.25. The van der Waals surface area contributed by atoms with Gasteiger partial charge in [-0.3, -0.25) is 0 Å². The molecule has 0 radical (unpaired) electrons. The minimum absolute atomic E-state index is 0.644. The van der Waals surface area contributed by atoms with Crippen molar-refractivity contribution in [1.29, 1.82) is 0 Å². The number of thiophene rings is 1. The standard InChI is InChI=1S/C10H9Br2N3S/c11-6-2-9(13)10(14-3-6)15-4-8-1-7(12)5-16-8/h1-3,5H,4,13H2,(H,14,15). The van der Waals surface area contributed by atoms with E-state index in [0.717, 1.165) is 15.5 Å². The van der Waals surface area contributed by atoms with Crippen LogP contribution in [0.5, 0.6) is 0 Å². The van der Waals surface area contributed by atoms with E-state index in [1.807, 2.05) is 6.07 Å². The zero-order valence-electron chi connectivity index (χ0n) is 8.21. The van der Waals surface area contributed by atoms with Gasteiger partial charge in [-0.25, -0.2) is 4.98 Å². The lowest BCUT2D eigenvalue weighted by Gasteiger charge is -2.06. The van der Waals surface area contributed by atoms with E-state index >= 15 is 0 Å². The number of nitrogens with one attached hydrogen (secondary N) is 1. The van der Waals surface area contributed by atoms with Crippen LogP contribution in [-0.2, 0) is 6.54 Å². The zero-order chi connectivity index (χ0) is 11.5. The molecule has 0 aliphatic heterocycles. The van der Waals surface area contributed by atoms with E-state index in [2.05, 4.69) is 53.6 Å². The van der Waals surface area contributed by atoms with Gasteiger partial charge in [0.2, 0.25) is 0 Å². The highest BCUT2D eigenvalue weighted by Crippen LogP contribution is 2.23. The summed E-state index contributed by atoms with van der Waals surface area (Å²) in [4.78, 5) is 5.44. The van der Waals surface area contributed by atoms with Crippen LogP contribution in [0.15, 0.2) is 32.7 Å². The molecule has 0 saturated heterocycles. The van der Waals surface area contributed by atoms with Crippen LogP contribution in [0.2, 0.25) is 0 Å². The fourth-order valence-corrected chi connectivity index (χ4v) is 2.96. The summed E-state index contributed by atoms with van der Waals surface area (Å²) < 4.78 is 1.99. The Labute approximate surface area is 114 Å². The van der Waals surface area contributed by atoms with E-state index in [0.29, 0.717) is 11.5 Å². The molecular weight excluding hydrogens is 354 g/mol. The number of nitrogen functional groups attached to an aromatic ring is 1. The Bertz CT molecular complexity index is 499. The quantitative estimate of drug-likeness (QED) is 0.871. The number of rotatable bonds is 3. The molecular formula is C10H9Br2N3S. The summed E-state index contributed by atoms with van der Waals surface area (Å²) in [6.07, 6.45) is 1.73. The molecule has 6 heteroatoms. The number of pyridine rings is 1. The summed E-state index contributed by atoms with van der Waals surface area (Å²) in [7, 11) is 0. The number of nitrogens with zero attached hydrogens (tertiary/aromatic N) is 1. The van der Waals surface area contributed by atoms with Gasteiger partial charge in [0.1, 0.15) is 5.82 Å². The van der Waals surface area contributed by atoms with Gasteiger partial charge in [0.15, 0.2) is 0 Å². The van der Waals surface area contributed by atoms with Crippen molar-refractivity contribution in [2.24, 2.45) is 0 Å². The summed E-state index contributed by atoms with van der Waals surface area (Å²) >= 11 is 8.43. The van der Waals surface area contributed by atoms with Crippen molar-refractivity contribution in [2.75, 3.05) is 11.1 Å². The number of anilines is 2. The van der Waals surface area contributed by atoms with Crippen LogP contribution >= 0.6 is 43.2 Å². The molecule has 0 aromatic carbocycles. The molecule has 0 amide bonds. The zero-order valence-corrected chi connectivity index (χ0v) is 12.2. The number of hydrogen-bond donors (Lipinski definition) is 2. The lowest BCUT2D eigenvalue weighted by atomic mass is 10.4. The van der Waals surface area contributed by atoms with Gasteiger partial charge in [0.05, 0.1) is 12.2 Å². The molecule has 0 fully saturated rings. The third-order valence-corrected chi connectivity index (χ3v) is 4.07. The second-order valence-corrected chi connectivity index (χ2v) is 6.00. The van der Waals surface area contributed by atoms with Crippen LogP contribution < -0.4 is 11.1 Å². The first kappa shape index (κ1) is 11.9. The van der Waals surface area contributed by atoms with E-state index in [1.54, 1.807) is 17.5 Å². The predicted octanol–water partition coefficient (Wildman–Crippen LogP) is 3.86. The topological polar surface area (TPSA) is 50.9 Å². The summed E-state index contributed by atoms with van der Waals surface area (Å²) in [5.41, 5.74) is 6.47. The number of hydrogen-bond acceptors (Lipinski definition) is 4. The fraction of sp³-hybridized carbons (Fsp3) is 0.100. The van der Waals surface area contributed by atoms with Gasteiger partial charge >= 0.3 is 0 Å². The van der Waals surface area contributed by atoms with Gasteiger partial charge < -0.3 is 11.1 Å². The molecule has 0 saturated carbocycles. The van der Waals surface area contributed by atoms with Gasteiger partial charge in [-0.15, -0.1) is 11.3 Å². The molecule has 84 valence electrons. The Balaban J connectivity index is 2.04. The molecule has 0 aliphatic carbocycles. The maximum absolute atomic E-state index is 5.83. The van der Waals surface area contributed by atoms with Crippen molar-refractivity contribution < 1.29 is 0 Å². The number of halogens is 2. The lowest BCUT2D eigenvalue weighted by molar-refractivity contribution is 1.14. The average molecular weight is 363 g/mol. The molecule has 2 rings (SSSR count). The molecule has 0 unspecified atom stereocenters. The van der Waals surface area contributed by atoms with Crippen molar-refractivity contribution >= 4 is 54.7 Å². The first-order valence-electron chi connectivity index (χ1n) is 4.53. The molecule has 2 aromatic heterocycles. The maximum atomic E-state index is 5.83. The minimum Gasteiger partial charge on any atom is -0.396 e. The minimum atomic E-state index is 0.644. The largest absolute Gasteiger partial charge is 0.396 e. The van der Waals surface area contributed by atoms with E-state index in [1.165, 1.54) is 4.88 Å². The van der Waals surface area contributed by atoms with Crippen LogP contribution in [0, 0.1) is 0 Å². The molecule has 0 spiro atoms. The second-order valence-electron chi connectivity index (χ2n) is 3.18. The monoisotopic (exact) mass is 361 g/mol. The SMILES string of the molecule is Nc1cc(Br)cnc1NCc1cc(Br)cs1. The van der Waals surface area contributed by atoms with Crippen molar-refractivity contribution in [3.05, 3.63) is 37.5 Å². The smallest absolute Gasteiger partial charge is 0.149 e. The molecule has 0 atom stereocenters. The van der Waals surface area contributed by atoms with Gasteiger partial charge in [-0.05, 0) is 44.0 Å². The Morgan fingerprint density at radius 1 is 1.31 bits per heavy atom. The lowest BCUT2D eigenvalue weighted by Crippen LogP contribution is -2.03. The van der Waals surface area contributed by atoms with Crippen LogP contribution in [0.1, 0.15) is 4.88 Å². The van der Waals surface area contributed by atoms with E-state index < -0.39 is 0 Å². The number of nitrogens with two attached hydrogens (primary N) is 1. The first-order valence-corrected chi connectivity index (χ1v) is 6.99. The highest BCUT2D eigenvalue weighted by Gasteiger charge is 2.02. The van der Waals surface area contributed by atoms with E-state index in [4.69, 9.17) is 5.73 Å². The molecule has 2 aromatic rings. The first-order chi connectivity index (χ1) is 7.65. The molecule has 0 bridgehead atoms. The van der Waals surface area contributed by atoms with Gasteiger partial charge in [-0.1, -0.05) is 0 Å². The van der Waals surface area contributed by atoms with Crippen LogP contribution in [0.3, 0.4) is 0 Å². The van der Waals surface area contributed by atoms with Crippen LogP contribution in [-0.4, -0.2) is 4.98 Å². The van der Waals surface area contributed by atoms with Crippen LogP contribution in [0.4, 0.5) is 11.5 Å². The fourth-order valence-electron chi connectivity index (χ4n) is 1.22. The van der Waals surface area contributed by atoms with Gasteiger partial charge in [-0.2, -0.15) is 0 Å². The summed E-state index contributed by atoms with van der Waals surface area (Å²) in [5.74, 6) is 0.715. The average Bonchev–Trinajstić information content (AvgIpc) is 2.63. The summed E-state index contributed by atoms with van der Waals surface area (Å²) in [6, 6.07) is 3.91. The molecule has 16 heavy (non-hydrogen) atoms. The Morgan fingerprint density at radius 3 is 2.75 bits per heavy atom. The molecule has 3 N–H and O–H groups in total. The molecule has 3 nitrogen and oxygen atoms in total. The molecule has 2 heterocycles. The predicted molar refractivity (Wildman–Crippen MR) is 75.7 cm³/mol. The third kappa shape index (κ3) is 2.96. The number of aromatic nitrogens is 1. The van der Waals surface area contributed by atoms with E-state index in [-0.39, 0.29) is 0 Å². The molecule has 0 aliphatic rings. The Morgan fingerprint density at radius 2 is 2.12 bits per heavy atom. The van der Waals surface area contributed by atoms with Crippen LogP contribution in [0.25, 0.3) is 0 Å². The third-order valence-electron chi connectivity index (χ3n) is 1.94. The highest BCUT2D eigenvalue weighted by atomic mass is 79.9. The highest BCUT2D eigenvalue weighted by molar-refractivity contribution is 9.10. The maximum Gasteiger partial charge on any atom is 0.149 e. The summed E-state index contributed by atoms with van der Waals surface area (Å²) in [6.45, 7) is 0.731. The Kier molecular flexibility index (Phi) is 3.83. The van der Waals surface area contributed by atoms with Crippen molar-refractivity contribution in [3.63, 3.8) is 0 Å². The van der Waals surface area contributed by atoms with Crippen molar-refractivity contribution in [2.45, 2.75) is 6.54 Å². The van der Waals surface area contributed by atoms with Crippen molar-refractivity contribution in [1.82, 2.24) is 4.98 Å². The van der Waals surface area contributed by atoms with E-state index in [9.17, 15) is 0 Å². The van der Waals surface area contributed by atoms with Crippen molar-refractivity contribution in [3.8, 4) is 0 Å². The second kappa shape index (κ2) is 5.16. The normalized spacial score (nSPS) is 10.4. The van der Waals surface area contributed by atoms with Gasteiger partial charge in [0.25, 0.3) is 0 Å².